The van der Waals surface area contributed by atoms with E-state index in [9.17, 15) is 56.2 Å². The largest absolute Gasteiger partial charge is 0.394 e. The molecule has 6 rings (SSSR count). The predicted molar refractivity (Wildman–Crippen MR) is 204 cm³/mol. The molecule has 15 heteroatoms. The van der Waals surface area contributed by atoms with E-state index in [4.69, 9.17) is 18.9 Å². The zero-order valence-electron chi connectivity index (χ0n) is 34.9. The Morgan fingerprint density at radius 3 is 1.96 bits per heavy atom. The van der Waals surface area contributed by atoms with Crippen molar-refractivity contribution < 1.29 is 75.1 Å². The van der Waals surface area contributed by atoms with E-state index in [1.54, 1.807) is 0 Å². The summed E-state index contributed by atoms with van der Waals surface area (Å²) in [7, 11) is 0. The zero-order valence-corrected chi connectivity index (χ0v) is 34.9. The van der Waals surface area contributed by atoms with Gasteiger partial charge in [-0.1, -0.05) is 53.2 Å². The van der Waals surface area contributed by atoms with Gasteiger partial charge in [-0.15, -0.1) is 0 Å². The van der Waals surface area contributed by atoms with Crippen molar-refractivity contribution in [2.75, 3.05) is 13.2 Å². The average Bonchev–Trinajstić information content (AvgIpc) is 3.43. The summed E-state index contributed by atoms with van der Waals surface area (Å²) >= 11 is 0. The molecule has 7 unspecified atom stereocenters. The third-order valence-corrected chi connectivity index (χ3v) is 16.7. The Balaban J connectivity index is 1.15. The van der Waals surface area contributed by atoms with Crippen molar-refractivity contribution in [2.45, 2.75) is 192 Å². The highest BCUT2D eigenvalue weighted by atomic mass is 16.7. The first-order chi connectivity index (χ1) is 26.4. The molecule has 57 heavy (non-hydrogen) atoms. The van der Waals surface area contributed by atoms with Crippen LogP contribution in [-0.2, 0) is 18.9 Å². The molecule has 5 fully saturated rings. The minimum Gasteiger partial charge on any atom is -0.394 e. The molecule has 0 amide bonds. The SMILES string of the molecule is C[C@@H](C(O)[C@H](O)[C@@H](O)C(C)(C)O)[C@H]1CC[C@]2(C)[C@@H]3CC=C4[C@H](CC[C@H](O[C@@H]5OC(CO[C@@H]6OC(CO)[C@@H](O)C(O)C6O)[C@@H](O)C(O)C5O)C4(C)C)[C@]3(C)CC[C@]12C. The van der Waals surface area contributed by atoms with Gasteiger partial charge in [0.05, 0.1) is 31.0 Å². The summed E-state index contributed by atoms with van der Waals surface area (Å²) < 4.78 is 23.6. The zero-order chi connectivity index (χ0) is 42.4. The van der Waals surface area contributed by atoms with Crippen LogP contribution < -0.4 is 0 Å². The molecule has 11 N–H and O–H groups in total. The number of fused-ring (bicyclic) bond motifs is 5. The van der Waals surface area contributed by atoms with Gasteiger partial charge in [0.1, 0.15) is 61.0 Å². The number of hydrogen-bond donors (Lipinski definition) is 11. The van der Waals surface area contributed by atoms with Crippen LogP contribution in [0.25, 0.3) is 0 Å². The molecular formula is C42H72O15. The van der Waals surface area contributed by atoms with Crippen LogP contribution in [0.1, 0.15) is 100 Å². The van der Waals surface area contributed by atoms with Crippen molar-refractivity contribution >= 4 is 0 Å². The Labute approximate surface area is 336 Å². The van der Waals surface area contributed by atoms with Gasteiger partial charge in [0, 0.05) is 5.41 Å². The van der Waals surface area contributed by atoms with Crippen molar-refractivity contribution in [3.63, 3.8) is 0 Å². The maximum Gasteiger partial charge on any atom is 0.187 e. The number of hydrogen-bond acceptors (Lipinski definition) is 15. The maximum absolute atomic E-state index is 11.4. The number of aliphatic hydroxyl groups excluding tert-OH is 10. The van der Waals surface area contributed by atoms with E-state index in [2.05, 4.69) is 40.7 Å². The smallest absolute Gasteiger partial charge is 0.187 e. The van der Waals surface area contributed by atoms with Crippen LogP contribution in [0, 0.1) is 45.3 Å². The van der Waals surface area contributed by atoms with Gasteiger partial charge >= 0.3 is 0 Å². The molecule has 330 valence electrons. The van der Waals surface area contributed by atoms with Crippen LogP contribution in [0.2, 0.25) is 0 Å². The van der Waals surface area contributed by atoms with Gasteiger partial charge in [-0.3, -0.25) is 0 Å². The normalized spacial score (nSPS) is 49.5. The van der Waals surface area contributed by atoms with Crippen molar-refractivity contribution in [3.8, 4) is 0 Å². The van der Waals surface area contributed by atoms with Crippen molar-refractivity contribution in [1.29, 1.82) is 0 Å². The quantitative estimate of drug-likeness (QED) is 0.124. The lowest BCUT2D eigenvalue weighted by Gasteiger charge is -2.66. The molecule has 3 saturated carbocycles. The molecule has 0 aromatic rings. The third kappa shape index (κ3) is 7.49. The molecule has 0 spiro atoms. The average molecular weight is 817 g/mol. The minimum atomic E-state index is -1.67. The summed E-state index contributed by atoms with van der Waals surface area (Å²) in [6, 6.07) is 0. The molecule has 0 aromatic heterocycles. The Hall–Kier alpha value is -0.860. The monoisotopic (exact) mass is 816 g/mol. The summed E-state index contributed by atoms with van der Waals surface area (Å²) in [5.41, 5.74) is -0.959. The van der Waals surface area contributed by atoms with Gasteiger partial charge in [-0.25, -0.2) is 0 Å². The van der Waals surface area contributed by atoms with E-state index < -0.39 is 110 Å². The first kappa shape index (κ1) is 45.7. The number of ether oxygens (including phenoxy) is 4. The van der Waals surface area contributed by atoms with Crippen molar-refractivity contribution in [1.82, 2.24) is 0 Å². The topological polar surface area (TPSA) is 259 Å². The summed E-state index contributed by atoms with van der Waals surface area (Å²) in [6.07, 6.45) is -11.0. The van der Waals surface area contributed by atoms with Crippen molar-refractivity contribution in [3.05, 3.63) is 11.6 Å². The molecule has 0 bridgehead atoms. The van der Waals surface area contributed by atoms with E-state index in [0.717, 1.165) is 38.5 Å². The lowest BCUT2D eigenvalue weighted by Crippen LogP contribution is -2.63. The van der Waals surface area contributed by atoms with E-state index in [-0.39, 0.29) is 34.0 Å². The van der Waals surface area contributed by atoms with E-state index in [1.807, 2.05) is 6.92 Å². The highest BCUT2D eigenvalue weighted by molar-refractivity contribution is 5.30. The molecule has 4 aliphatic carbocycles. The van der Waals surface area contributed by atoms with Gasteiger partial charge in [0.25, 0.3) is 0 Å². The van der Waals surface area contributed by atoms with E-state index in [0.29, 0.717) is 12.3 Å². The van der Waals surface area contributed by atoms with Crippen LogP contribution in [0.15, 0.2) is 11.6 Å². The summed E-state index contributed by atoms with van der Waals surface area (Å²) in [6.45, 7) is 15.2. The molecular weight excluding hydrogens is 744 g/mol. The van der Waals surface area contributed by atoms with Gasteiger partial charge in [-0.05, 0) is 98.7 Å². The van der Waals surface area contributed by atoms with Gasteiger partial charge < -0.3 is 75.1 Å². The molecule has 6 aliphatic rings. The Morgan fingerprint density at radius 2 is 1.35 bits per heavy atom. The molecule has 2 saturated heterocycles. The molecule has 2 heterocycles. The first-order valence-electron chi connectivity index (χ1n) is 21.1. The molecule has 0 radical (unpaired) electrons. The fraction of sp³-hybridized carbons (Fsp3) is 0.952. The van der Waals surface area contributed by atoms with Crippen LogP contribution in [0.3, 0.4) is 0 Å². The van der Waals surface area contributed by atoms with Crippen LogP contribution in [0.4, 0.5) is 0 Å². The fourth-order valence-corrected chi connectivity index (χ4v) is 12.7. The fourth-order valence-electron chi connectivity index (χ4n) is 12.7. The van der Waals surface area contributed by atoms with Gasteiger partial charge in [-0.2, -0.15) is 0 Å². The Morgan fingerprint density at radius 1 is 0.754 bits per heavy atom. The Kier molecular flexibility index (Phi) is 12.9. The summed E-state index contributed by atoms with van der Waals surface area (Å²) in [5, 5.41) is 116. The Bertz CT molecular complexity index is 1440. The number of aliphatic hydroxyl groups is 11. The highest BCUT2D eigenvalue weighted by Crippen LogP contribution is 2.75. The standard InChI is InChI=1S/C42H72O15/c1-19(27(44)32(49)35(52)39(4,5)53)20-13-14-42(8)25-11-9-21-22(40(25,6)15-16-41(20,42)7)10-12-26(38(21,2)3)57-37-34(51)31(48)29(46)24(56-37)18-54-36-33(50)30(47)28(45)23(17-43)55-36/h9,19-20,22-37,43-53H,10-18H2,1-8H3/t19-,20-,22+,23?,24?,25-,26+,27?,28-,29-,30?,31?,32+,33?,34?,35-,36-,37+,40+,41-,42-/m1/s1. The summed E-state index contributed by atoms with van der Waals surface area (Å²) in [5.74, 6) is 0.434. The second-order valence-corrected chi connectivity index (χ2v) is 20.4. The molecule has 2 aliphatic heterocycles. The van der Waals surface area contributed by atoms with Gasteiger partial charge in [0.15, 0.2) is 12.6 Å². The lowest BCUT2D eigenvalue weighted by molar-refractivity contribution is -0.340. The first-order valence-corrected chi connectivity index (χ1v) is 21.1. The highest BCUT2D eigenvalue weighted by Gasteiger charge is 2.68. The van der Waals surface area contributed by atoms with E-state index in [1.165, 1.54) is 19.4 Å². The van der Waals surface area contributed by atoms with Gasteiger partial charge in [0.2, 0.25) is 0 Å². The minimum absolute atomic E-state index is 0.0258. The number of allylic oxidation sites excluding steroid dienone is 1. The molecule has 21 atom stereocenters. The predicted octanol–water partition coefficient (Wildman–Crippen LogP) is 0.0906. The third-order valence-electron chi connectivity index (χ3n) is 16.7. The second kappa shape index (κ2) is 16.1. The lowest BCUT2D eigenvalue weighted by atomic mass is 9.39. The number of rotatable bonds is 11. The van der Waals surface area contributed by atoms with Crippen LogP contribution in [-0.4, -0.2) is 161 Å². The van der Waals surface area contributed by atoms with Crippen LogP contribution in [0.5, 0.6) is 0 Å². The van der Waals surface area contributed by atoms with Crippen molar-refractivity contribution in [2.24, 2.45) is 45.3 Å². The maximum atomic E-state index is 11.4. The van der Waals surface area contributed by atoms with Crippen LogP contribution >= 0.6 is 0 Å². The summed E-state index contributed by atoms with van der Waals surface area (Å²) in [4.78, 5) is 0. The van der Waals surface area contributed by atoms with E-state index >= 15 is 0 Å². The molecule has 0 aromatic carbocycles. The molecule has 15 nitrogen and oxygen atoms in total. The second-order valence-electron chi connectivity index (χ2n) is 20.4.